The third kappa shape index (κ3) is 3.67. The van der Waals surface area contributed by atoms with Gasteiger partial charge >= 0.3 is 0 Å². The van der Waals surface area contributed by atoms with E-state index in [1.807, 2.05) is 0 Å². The first-order valence-electron chi connectivity index (χ1n) is 9.77. The van der Waals surface area contributed by atoms with Crippen LogP contribution in [0.4, 0.5) is 0 Å². The highest BCUT2D eigenvalue weighted by Crippen LogP contribution is 2.35. The van der Waals surface area contributed by atoms with E-state index >= 15 is 0 Å². The minimum Gasteiger partial charge on any atom is -0.442 e. The summed E-state index contributed by atoms with van der Waals surface area (Å²) in [6, 6.07) is 0. The molecule has 2 amide bonds. The summed E-state index contributed by atoms with van der Waals surface area (Å²) in [4.78, 5) is 43.7. The number of carbonyl (C=O) groups excluding carboxylic acids is 2. The molecular weight excluding hydrogens is 412 g/mol. The van der Waals surface area contributed by atoms with Crippen molar-refractivity contribution in [2.45, 2.75) is 25.9 Å². The number of fused-ring (bicyclic) bond motifs is 1. The van der Waals surface area contributed by atoms with E-state index in [1.165, 1.54) is 17.9 Å². The van der Waals surface area contributed by atoms with Crippen molar-refractivity contribution in [1.29, 1.82) is 0 Å². The van der Waals surface area contributed by atoms with Gasteiger partial charge in [-0.05, 0) is 19.8 Å². The monoisotopic (exact) mass is 436 g/mol. The van der Waals surface area contributed by atoms with E-state index in [4.69, 9.17) is 9.15 Å². The highest BCUT2D eigenvalue weighted by molar-refractivity contribution is 7.93. The summed E-state index contributed by atoms with van der Waals surface area (Å²) in [5, 5.41) is 0.0408. The third-order valence-corrected chi connectivity index (χ3v) is 7.89. The molecule has 10 nitrogen and oxygen atoms in total. The largest absolute Gasteiger partial charge is 0.442 e. The van der Waals surface area contributed by atoms with Gasteiger partial charge in [0.1, 0.15) is 17.5 Å². The van der Waals surface area contributed by atoms with Gasteiger partial charge in [0, 0.05) is 38.8 Å². The molecule has 162 valence electrons. The molecule has 0 aromatic carbocycles. The first kappa shape index (κ1) is 20.7. The smallest absolute Gasteiger partial charge is 0.289 e. The maximum absolute atomic E-state index is 13.3. The molecule has 1 saturated carbocycles. The molecule has 1 unspecified atom stereocenters. The Kier molecular flexibility index (Phi) is 5.27. The SMILES string of the molecule is CO[C@@H]1C[C@H]1C(=O)N1CCCS(=O)(=NC(=O)c2c(C)oc3ncn(C)c(=O)c23)CC1. The number of aryl methyl sites for hydroxylation is 2. The van der Waals surface area contributed by atoms with Gasteiger partial charge in [0.15, 0.2) is 0 Å². The van der Waals surface area contributed by atoms with Crippen LogP contribution >= 0.6 is 0 Å². The maximum Gasteiger partial charge on any atom is 0.289 e. The molecule has 2 aliphatic rings. The van der Waals surface area contributed by atoms with Gasteiger partial charge in [-0.15, -0.1) is 0 Å². The van der Waals surface area contributed by atoms with Crippen LogP contribution in [0.3, 0.4) is 0 Å². The number of nitrogens with zero attached hydrogens (tertiary/aromatic N) is 4. The number of ether oxygens (including phenoxy) is 1. The Balaban J connectivity index is 1.60. The fourth-order valence-electron chi connectivity index (χ4n) is 3.83. The standard InChI is InChI=1S/C19H24N4O6S/c1-11-14(15-17(29-11)20-10-22(2)19(15)26)16(24)21-30(27)7-4-5-23(6-8-30)18(25)12-9-13(12)28-3/h10,12-13H,4-9H2,1-3H3/t12-,13-,30?/m1/s1. The average molecular weight is 436 g/mol. The van der Waals surface area contributed by atoms with Crippen LogP contribution in [-0.2, 0) is 26.3 Å². The zero-order chi connectivity index (χ0) is 21.6. The zero-order valence-electron chi connectivity index (χ0n) is 17.1. The minimum atomic E-state index is -2.87. The van der Waals surface area contributed by atoms with Crippen LogP contribution in [0, 0.1) is 12.8 Å². The van der Waals surface area contributed by atoms with Gasteiger partial charge in [-0.25, -0.2) is 9.19 Å². The topological polar surface area (TPSA) is 124 Å². The second-order valence-electron chi connectivity index (χ2n) is 7.75. The van der Waals surface area contributed by atoms with Crippen molar-refractivity contribution in [3.8, 4) is 0 Å². The highest BCUT2D eigenvalue weighted by Gasteiger charge is 2.45. The maximum atomic E-state index is 13.3. The fraction of sp³-hybridized carbons (Fsp3) is 0.579. The quantitative estimate of drug-likeness (QED) is 0.694. The number of amides is 2. The van der Waals surface area contributed by atoms with E-state index in [9.17, 15) is 18.6 Å². The van der Waals surface area contributed by atoms with E-state index in [2.05, 4.69) is 9.35 Å². The summed E-state index contributed by atoms with van der Waals surface area (Å²) >= 11 is 0. The lowest BCUT2D eigenvalue weighted by Gasteiger charge is -2.19. The van der Waals surface area contributed by atoms with Crippen LogP contribution in [0.2, 0.25) is 0 Å². The molecule has 0 radical (unpaired) electrons. The van der Waals surface area contributed by atoms with Crippen LogP contribution in [0.15, 0.2) is 19.9 Å². The van der Waals surface area contributed by atoms with Gasteiger partial charge in [-0.1, -0.05) is 0 Å². The van der Waals surface area contributed by atoms with E-state index < -0.39 is 21.2 Å². The molecule has 1 saturated heterocycles. The summed E-state index contributed by atoms with van der Waals surface area (Å²) < 4.78 is 29.2. The van der Waals surface area contributed by atoms with Crippen molar-refractivity contribution < 1.29 is 23.0 Å². The predicted octanol–water partition coefficient (Wildman–Crippen LogP) is 0.710. The summed E-state index contributed by atoms with van der Waals surface area (Å²) in [6.07, 6.45) is 2.47. The van der Waals surface area contributed by atoms with Gasteiger partial charge in [0.2, 0.25) is 11.6 Å². The number of hydrogen-bond acceptors (Lipinski definition) is 7. The van der Waals surface area contributed by atoms with Crippen molar-refractivity contribution in [3.63, 3.8) is 0 Å². The van der Waals surface area contributed by atoms with E-state index in [1.54, 1.807) is 18.9 Å². The van der Waals surface area contributed by atoms with Crippen LogP contribution in [-0.4, -0.2) is 68.3 Å². The first-order valence-corrected chi connectivity index (χ1v) is 11.6. The molecule has 11 heteroatoms. The minimum absolute atomic E-state index is 0.000443. The molecule has 0 spiro atoms. The van der Waals surface area contributed by atoms with Crippen molar-refractivity contribution in [3.05, 3.63) is 28.0 Å². The number of rotatable bonds is 3. The van der Waals surface area contributed by atoms with Crippen LogP contribution in [0.1, 0.15) is 29.0 Å². The van der Waals surface area contributed by atoms with E-state index in [-0.39, 0.29) is 58.4 Å². The molecule has 2 aromatic rings. The van der Waals surface area contributed by atoms with E-state index in [0.717, 1.165) is 0 Å². The number of hydrogen-bond donors (Lipinski definition) is 0. The molecule has 30 heavy (non-hydrogen) atoms. The summed E-state index contributed by atoms with van der Waals surface area (Å²) in [5.74, 6) is -0.342. The Morgan fingerprint density at radius 3 is 2.80 bits per heavy atom. The van der Waals surface area contributed by atoms with Gasteiger partial charge in [0.25, 0.3) is 11.5 Å². The van der Waals surface area contributed by atoms with Crippen LogP contribution < -0.4 is 5.56 Å². The van der Waals surface area contributed by atoms with Gasteiger partial charge in [0.05, 0.1) is 27.3 Å². The molecule has 0 N–H and O–H groups in total. The van der Waals surface area contributed by atoms with Crippen molar-refractivity contribution >= 4 is 32.6 Å². The number of methoxy groups -OCH3 is 1. The molecule has 3 heterocycles. The zero-order valence-corrected chi connectivity index (χ0v) is 17.9. The van der Waals surface area contributed by atoms with Gasteiger partial charge < -0.3 is 18.6 Å². The summed E-state index contributed by atoms with van der Waals surface area (Å²) in [6.45, 7) is 2.30. The van der Waals surface area contributed by atoms with E-state index in [0.29, 0.717) is 19.4 Å². The Bertz CT molecular complexity index is 1210. The lowest BCUT2D eigenvalue weighted by atomic mass is 10.2. The number of carbonyl (C=O) groups is 2. The van der Waals surface area contributed by atoms with Crippen molar-refractivity contribution in [2.75, 3.05) is 31.7 Å². The number of furan rings is 1. The lowest BCUT2D eigenvalue weighted by Crippen LogP contribution is -2.35. The molecule has 1 aliphatic carbocycles. The normalized spacial score (nSPS) is 26.4. The molecule has 1 aliphatic heterocycles. The Labute approximate surface area is 173 Å². The summed E-state index contributed by atoms with van der Waals surface area (Å²) in [7, 11) is 0.235. The summed E-state index contributed by atoms with van der Waals surface area (Å²) in [5.41, 5.74) is -0.376. The molecule has 4 rings (SSSR count). The average Bonchev–Trinajstić information content (AvgIpc) is 3.44. The molecule has 3 atom stereocenters. The van der Waals surface area contributed by atoms with Gasteiger partial charge in [-0.2, -0.15) is 4.36 Å². The second-order valence-corrected chi connectivity index (χ2v) is 10.3. The fourth-order valence-corrected chi connectivity index (χ4v) is 5.69. The van der Waals surface area contributed by atoms with Crippen molar-refractivity contribution in [2.24, 2.45) is 17.3 Å². The first-order chi connectivity index (χ1) is 14.2. The highest BCUT2D eigenvalue weighted by atomic mass is 32.2. The van der Waals surface area contributed by atoms with Crippen molar-refractivity contribution in [1.82, 2.24) is 14.5 Å². The second kappa shape index (κ2) is 7.62. The Morgan fingerprint density at radius 1 is 1.33 bits per heavy atom. The molecular formula is C19H24N4O6S. The Hall–Kier alpha value is -2.53. The molecule has 2 fully saturated rings. The van der Waals surface area contributed by atoms with Crippen LogP contribution in [0.25, 0.3) is 11.1 Å². The van der Waals surface area contributed by atoms with Gasteiger partial charge in [-0.3, -0.25) is 14.4 Å². The molecule has 0 bridgehead atoms. The number of aromatic nitrogens is 2. The van der Waals surface area contributed by atoms with Crippen LogP contribution in [0.5, 0.6) is 0 Å². The predicted molar refractivity (Wildman–Crippen MR) is 109 cm³/mol. The Morgan fingerprint density at radius 2 is 2.10 bits per heavy atom. The third-order valence-electron chi connectivity index (χ3n) is 5.65. The molecule has 2 aromatic heterocycles. The lowest BCUT2D eigenvalue weighted by molar-refractivity contribution is -0.133.